The Labute approximate surface area is 250 Å². The average molecular weight is 677 g/mol. The predicted molar refractivity (Wildman–Crippen MR) is 163 cm³/mol. The standard InChI is InChI=1S/C29H26ClIN2O5S/c1-4-37-24-13-20(12-22(31)27(24)38-16-19-8-10-21(30)11-9-19)14-25-28(35)33(29(36)39-25)15-26(34)32-23-7-5-6-17(2)18(23)3/h5-14H,4,15-16H2,1-3H3,(H,32,34)/b25-14+. The SMILES string of the molecule is CCOc1cc(/C=C2/SC(=O)N(CC(=O)Nc3cccc(C)c3C)C2=O)cc(I)c1OCc1ccc(Cl)cc1. The van der Waals surface area contributed by atoms with Gasteiger partial charge in [-0.3, -0.25) is 19.3 Å². The molecule has 0 atom stereocenters. The van der Waals surface area contributed by atoms with E-state index in [2.05, 4.69) is 27.9 Å². The van der Waals surface area contributed by atoms with Crippen LogP contribution in [0.2, 0.25) is 5.02 Å². The number of nitrogens with one attached hydrogen (secondary N) is 1. The van der Waals surface area contributed by atoms with E-state index in [1.165, 1.54) is 0 Å². The normalized spacial score (nSPS) is 14.2. The van der Waals surface area contributed by atoms with Crippen LogP contribution < -0.4 is 14.8 Å². The van der Waals surface area contributed by atoms with Gasteiger partial charge in [-0.2, -0.15) is 0 Å². The summed E-state index contributed by atoms with van der Waals surface area (Å²) >= 11 is 8.92. The largest absolute Gasteiger partial charge is 0.490 e. The molecule has 1 saturated heterocycles. The molecule has 4 rings (SSSR count). The number of thioether (sulfide) groups is 1. The number of imide groups is 1. The summed E-state index contributed by atoms with van der Waals surface area (Å²) in [5.74, 6) is 0.150. The maximum atomic E-state index is 13.0. The van der Waals surface area contributed by atoms with E-state index in [0.29, 0.717) is 41.0 Å². The molecule has 1 fully saturated rings. The molecule has 7 nitrogen and oxygen atoms in total. The van der Waals surface area contributed by atoms with Crippen molar-refractivity contribution in [2.75, 3.05) is 18.5 Å². The first-order valence-electron chi connectivity index (χ1n) is 12.1. The number of anilines is 1. The van der Waals surface area contributed by atoms with Gasteiger partial charge in [0.2, 0.25) is 5.91 Å². The van der Waals surface area contributed by atoms with Gasteiger partial charge in [-0.1, -0.05) is 35.9 Å². The minimum Gasteiger partial charge on any atom is -0.490 e. The lowest BCUT2D eigenvalue weighted by Gasteiger charge is -2.15. The number of rotatable bonds is 9. The molecule has 10 heteroatoms. The Hall–Kier alpha value is -3.02. The molecule has 1 heterocycles. The second-order valence-electron chi connectivity index (χ2n) is 8.74. The Morgan fingerprint density at radius 1 is 1.10 bits per heavy atom. The molecule has 0 bridgehead atoms. The van der Waals surface area contributed by atoms with E-state index in [1.807, 2.05) is 51.1 Å². The Morgan fingerprint density at radius 3 is 2.56 bits per heavy atom. The fourth-order valence-electron chi connectivity index (χ4n) is 3.82. The summed E-state index contributed by atoms with van der Waals surface area (Å²) in [5, 5.41) is 2.95. The van der Waals surface area contributed by atoms with Gasteiger partial charge in [0, 0.05) is 10.7 Å². The van der Waals surface area contributed by atoms with Gasteiger partial charge in [-0.25, -0.2) is 0 Å². The van der Waals surface area contributed by atoms with Crippen LogP contribution in [-0.4, -0.2) is 35.1 Å². The van der Waals surface area contributed by atoms with Crippen molar-refractivity contribution < 1.29 is 23.9 Å². The highest BCUT2D eigenvalue weighted by Crippen LogP contribution is 2.38. The van der Waals surface area contributed by atoms with Crippen molar-refractivity contribution in [2.45, 2.75) is 27.4 Å². The molecule has 1 N–H and O–H groups in total. The van der Waals surface area contributed by atoms with Crippen LogP contribution in [0.3, 0.4) is 0 Å². The quantitative estimate of drug-likeness (QED) is 0.191. The van der Waals surface area contributed by atoms with E-state index < -0.39 is 17.1 Å². The van der Waals surface area contributed by atoms with Gasteiger partial charge in [0.25, 0.3) is 11.1 Å². The van der Waals surface area contributed by atoms with E-state index in [-0.39, 0.29) is 11.4 Å². The number of halogens is 2. The molecule has 0 spiro atoms. The van der Waals surface area contributed by atoms with E-state index >= 15 is 0 Å². The van der Waals surface area contributed by atoms with Crippen molar-refractivity contribution in [1.82, 2.24) is 4.90 Å². The van der Waals surface area contributed by atoms with Gasteiger partial charge >= 0.3 is 0 Å². The third-order valence-corrected chi connectivity index (χ3v) is 7.94. The summed E-state index contributed by atoms with van der Waals surface area (Å²) in [7, 11) is 0. The molecule has 0 aliphatic carbocycles. The van der Waals surface area contributed by atoms with E-state index in [0.717, 1.165) is 36.9 Å². The smallest absolute Gasteiger partial charge is 0.294 e. The zero-order valence-corrected chi connectivity index (χ0v) is 25.3. The van der Waals surface area contributed by atoms with Crippen molar-refractivity contribution in [3.8, 4) is 11.5 Å². The van der Waals surface area contributed by atoms with Gasteiger partial charge < -0.3 is 14.8 Å². The van der Waals surface area contributed by atoms with E-state index in [1.54, 1.807) is 30.3 Å². The monoisotopic (exact) mass is 676 g/mol. The number of carbonyl (C=O) groups is 3. The maximum absolute atomic E-state index is 13.0. The van der Waals surface area contributed by atoms with Gasteiger partial charge in [-0.05, 0) is 114 Å². The van der Waals surface area contributed by atoms with Crippen LogP contribution in [0.15, 0.2) is 59.5 Å². The second kappa shape index (κ2) is 12.9. The van der Waals surface area contributed by atoms with Crippen LogP contribution in [0.5, 0.6) is 11.5 Å². The minimum absolute atomic E-state index is 0.229. The highest BCUT2D eigenvalue weighted by atomic mass is 127. The summed E-state index contributed by atoms with van der Waals surface area (Å²) in [4.78, 5) is 39.5. The molecule has 3 aromatic rings. The number of hydrogen-bond donors (Lipinski definition) is 1. The van der Waals surface area contributed by atoms with Crippen molar-refractivity contribution in [3.05, 3.63) is 90.3 Å². The van der Waals surface area contributed by atoms with Gasteiger partial charge in [0.05, 0.1) is 15.1 Å². The zero-order valence-electron chi connectivity index (χ0n) is 21.5. The van der Waals surface area contributed by atoms with Crippen LogP contribution >= 0.6 is 46.0 Å². The average Bonchev–Trinajstić information content (AvgIpc) is 3.14. The van der Waals surface area contributed by atoms with Crippen LogP contribution in [0.4, 0.5) is 10.5 Å². The second-order valence-corrected chi connectivity index (χ2v) is 11.3. The number of amides is 3. The highest BCUT2D eigenvalue weighted by Gasteiger charge is 2.36. The maximum Gasteiger partial charge on any atom is 0.294 e. The van der Waals surface area contributed by atoms with Crippen LogP contribution in [-0.2, 0) is 16.2 Å². The lowest BCUT2D eigenvalue weighted by molar-refractivity contribution is -0.127. The number of ether oxygens (including phenoxy) is 2. The lowest BCUT2D eigenvalue weighted by Crippen LogP contribution is -2.36. The predicted octanol–water partition coefficient (Wildman–Crippen LogP) is 7.21. The van der Waals surface area contributed by atoms with Crippen LogP contribution in [0, 0.1) is 17.4 Å². The van der Waals surface area contributed by atoms with E-state index in [9.17, 15) is 14.4 Å². The van der Waals surface area contributed by atoms with Crippen LogP contribution in [0.1, 0.15) is 29.2 Å². The molecule has 0 aromatic heterocycles. The first kappa shape index (κ1) is 29.0. The molecule has 202 valence electrons. The Bertz CT molecular complexity index is 1460. The Balaban J connectivity index is 1.49. The Kier molecular flexibility index (Phi) is 9.58. The fraction of sp³-hybridized carbons (Fsp3) is 0.207. The highest BCUT2D eigenvalue weighted by molar-refractivity contribution is 14.1. The fourth-order valence-corrected chi connectivity index (χ4v) is 5.56. The van der Waals surface area contributed by atoms with Crippen LogP contribution in [0.25, 0.3) is 6.08 Å². The Morgan fingerprint density at radius 2 is 1.85 bits per heavy atom. The van der Waals surface area contributed by atoms with Crippen molar-refractivity contribution in [3.63, 3.8) is 0 Å². The van der Waals surface area contributed by atoms with E-state index in [4.69, 9.17) is 21.1 Å². The van der Waals surface area contributed by atoms with Crippen molar-refractivity contribution in [2.24, 2.45) is 0 Å². The lowest BCUT2D eigenvalue weighted by atomic mass is 10.1. The molecule has 0 radical (unpaired) electrons. The number of nitrogens with zero attached hydrogens (tertiary/aromatic N) is 1. The molecule has 0 unspecified atom stereocenters. The topological polar surface area (TPSA) is 84.9 Å². The molecule has 3 aromatic carbocycles. The van der Waals surface area contributed by atoms with Crippen molar-refractivity contribution in [1.29, 1.82) is 0 Å². The molecular formula is C29H26ClIN2O5S. The van der Waals surface area contributed by atoms with Gasteiger partial charge in [0.15, 0.2) is 11.5 Å². The third kappa shape index (κ3) is 7.14. The van der Waals surface area contributed by atoms with Gasteiger partial charge in [0.1, 0.15) is 13.2 Å². The number of hydrogen-bond acceptors (Lipinski definition) is 6. The number of benzene rings is 3. The van der Waals surface area contributed by atoms with Gasteiger partial charge in [-0.15, -0.1) is 0 Å². The minimum atomic E-state index is -0.517. The summed E-state index contributed by atoms with van der Waals surface area (Å²) < 4.78 is 12.7. The molecule has 1 aliphatic rings. The molecule has 0 saturated carbocycles. The van der Waals surface area contributed by atoms with Crippen molar-refractivity contribution >= 4 is 74.8 Å². The summed E-state index contributed by atoms with van der Waals surface area (Å²) in [6.07, 6.45) is 1.63. The first-order chi connectivity index (χ1) is 18.7. The number of carbonyl (C=O) groups excluding carboxylic acids is 3. The summed E-state index contributed by atoms with van der Waals surface area (Å²) in [6.45, 7) is 6.10. The molecular weight excluding hydrogens is 651 g/mol. The molecule has 39 heavy (non-hydrogen) atoms. The number of aryl methyl sites for hydroxylation is 1. The summed E-state index contributed by atoms with van der Waals surface area (Å²) in [5.41, 5.74) is 4.24. The molecule has 1 aliphatic heterocycles. The summed E-state index contributed by atoms with van der Waals surface area (Å²) in [6, 6.07) is 16.6. The molecule has 3 amide bonds. The first-order valence-corrected chi connectivity index (χ1v) is 14.4. The zero-order chi connectivity index (χ0) is 28.1. The third-order valence-electron chi connectivity index (χ3n) is 5.98.